The molecule has 0 unspecified atom stereocenters. The van der Waals surface area contributed by atoms with Crippen molar-refractivity contribution in [1.82, 2.24) is 0 Å². The lowest BCUT2D eigenvalue weighted by Crippen LogP contribution is -2.15. The second-order valence-corrected chi connectivity index (χ2v) is 5.48. The fraction of sp³-hybridized carbons (Fsp3) is 0.533. The molecule has 0 aromatic heterocycles. The lowest BCUT2D eigenvalue weighted by molar-refractivity contribution is -0.116. The van der Waals surface area contributed by atoms with Gasteiger partial charge in [0, 0.05) is 6.42 Å². The van der Waals surface area contributed by atoms with E-state index in [9.17, 15) is 4.79 Å². The maximum atomic E-state index is 11.8. The summed E-state index contributed by atoms with van der Waals surface area (Å²) < 4.78 is 0. The lowest BCUT2D eigenvalue weighted by atomic mass is 9.86. The van der Waals surface area contributed by atoms with E-state index in [1.807, 2.05) is 18.2 Å². The topological polar surface area (TPSA) is 29.1 Å². The molecule has 1 aromatic rings. The maximum Gasteiger partial charge on any atom is 0.224 e. The third kappa shape index (κ3) is 4.02. The van der Waals surface area contributed by atoms with Crippen molar-refractivity contribution < 1.29 is 4.79 Å². The van der Waals surface area contributed by atoms with Gasteiger partial charge in [-0.2, -0.15) is 0 Å². The zero-order valence-electron chi connectivity index (χ0n) is 10.6. The normalized spacial score (nSPS) is 16.5. The summed E-state index contributed by atoms with van der Waals surface area (Å²) in [5, 5.41) is 3.48. The number of carbonyl (C=O) groups is 1. The van der Waals surface area contributed by atoms with Gasteiger partial charge in [-0.25, -0.2) is 0 Å². The minimum absolute atomic E-state index is 0.0775. The standard InChI is InChI=1S/C15H20ClNO/c16-13-8-4-5-9-14(13)17-15(18)11-10-12-6-2-1-3-7-12/h4-5,8-9,12H,1-3,6-7,10-11H2,(H,17,18). The summed E-state index contributed by atoms with van der Waals surface area (Å²) in [6.45, 7) is 0. The summed E-state index contributed by atoms with van der Waals surface area (Å²) in [7, 11) is 0. The molecule has 0 spiro atoms. The Morgan fingerprint density at radius 2 is 1.94 bits per heavy atom. The van der Waals surface area contributed by atoms with Crippen molar-refractivity contribution in [3.05, 3.63) is 29.3 Å². The molecule has 0 saturated heterocycles. The highest BCUT2D eigenvalue weighted by atomic mass is 35.5. The number of hydrogen-bond donors (Lipinski definition) is 1. The van der Waals surface area contributed by atoms with E-state index in [1.54, 1.807) is 6.07 Å². The molecule has 0 heterocycles. The zero-order valence-corrected chi connectivity index (χ0v) is 11.4. The molecule has 0 bridgehead atoms. The van der Waals surface area contributed by atoms with Crippen LogP contribution in [0.15, 0.2) is 24.3 Å². The van der Waals surface area contributed by atoms with Crippen LogP contribution in [0, 0.1) is 5.92 Å². The monoisotopic (exact) mass is 265 g/mol. The number of carbonyl (C=O) groups excluding carboxylic acids is 1. The van der Waals surface area contributed by atoms with Gasteiger partial charge >= 0.3 is 0 Å². The van der Waals surface area contributed by atoms with E-state index in [2.05, 4.69) is 5.32 Å². The van der Waals surface area contributed by atoms with Crippen LogP contribution in [0.5, 0.6) is 0 Å². The van der Waals surface area contributed by atoms with Gasteiger partial charge in [-0.1, -0.05) is 55.8 Å². The Morgan fingerprint density at radius 1 is 1.22 bits per heavy atom. The molecule has 1 saturated carbocycles. The molecular formula is C15H20ClNO. The molecule has 0 aliphatic heterocycles. The molecule has 0 radical (unpaired) electrons. The van der Waals surface area contributed by atoms with Crippen molar-refractivity contribution >= 4 is 23.2 Å². The highest BCUT2D eigenvalue weighted by molar-refractivity contribution is 6.33. The first kappa shape index (κ1) is 13.4. The summed E-state index contributed by atoms with van der Waals surface area (Å²) in [5.41, 5.74) is 0.716. The Hall–Kier alpha value is -1.02. The molecule has 1 fully saturated rings. The van der Waals surface area contributed by atoms with Crippen molar-refractivity contribution in [2.75, 3.05) is 5.32 Å². The third-order valence-electron chi connectivity index (χ3n) is 3.65. The summed E-state index contributed by atoms with van der Waals surface area (Å²) >= 11 is 6.00. The van der Waals surface area contributed by atoms with Gasteiger partial charge in [-0.3, -0.25) is 4.79 Å². The van der Waals surface area contributed by atoms with Crippen LogP contribution in [0.2, 0.25) is 5.02 Å². The zero-order chi connectivity index (χ0) is 12.8. The van der Waals surface area contributed by atoms with E-state index in [0.717, 1.165) is 12.3 Å². The van der Waals surface area contributed by atoms with Gasteiger partial charge in [-0.05, 0) is 24.5 Å². The fourth-order valence-corrected chi connectivity index (χ4v) is 2.77. The summed E-state index contributed by atoms with van der Waals surface area (Å²) in [4.78, 5) is 11.8. The number of benzene rings is 1. The average molecular weight is 266 g/mol. The number of para-hydroxylation sites is 1. The quantitative estimate of drug-likeness (QED) is 0.844. The molecule has 1 aromatic carbocycles. The van der Waals surface area contributed by atoms with Crippen LogP contribution in [-0.2, 0) is 4.79 Å². The van der Waals surface area contributed by atoms with E-state index in [-0.39, 0.29) is 5.91 Å². The van der Waals surface area contributed by atoms with Crippen molar-refractivity contribution in [1.29, 1.82) is 0 Å². The summed E-state index contributed by atoms with van der Waals surface area (Å²) in [6.07, 6.45) is 8.22. The summed E-state index contributed by atoms with van der Waals surface area (Å²) in [5.74, 6) is 0.824. The third-order valence-corrected chi connectivity index (χ3v) is 3.98. The number of rotatable bonds is 4. The van der Waals surface area contributed by atoms with Crippen LogP contribution in [0.4, 0.5) is 5.69 Å². The number of halogens is 1. The Balaban J connectivity index is 1.76. The first-order chi connectivity index (χ1) is 8.75. The van der Waals surface area contributed by atoms with Gasteiger partial charge in [-0.15, -0.1) is 0 Å². The average Bonchev–Trinajstić information content (AvgIpc) is 2.40. The fourth-order valence-electron chi connectivity index (χ4n) is 2.59. The van der Waals surface area contributed by atoms with E-state index >= 15 is 0 Å². The molecular weight excluding hydrogens is 246 g/mol. The smallest absolute Gasteiger partial charge is 0.224 e. The number of anilines is 1. The van der Waals surface area contributed by atoms with Crippen LogP contribution in [0.3, 0.4) is 0 Å². The molecule has 0 atom stereocenters. The van der Waals surface area contributed by atoms with Crippen LogP contribution in [0.1, 0.15) is 44.9 Å². The van der Waals surface area contributed by atoms with Gasteiger partial charge in [0.25, 0.3) is 0 Å². The van der Waals surface area contributed by atoms with E-state index < -0.39 is 0 Å². The van der Waals surface area contributed by atoms with Crippen LogP contribution in [-0.4, -0.2) is 5.91 Å². The number of hydrogen-bond acceptors (Lipinski definition) is 1. The number of nitrogens with one attached hydrogen (secondary N) is 1. The highest BCUT2D eigenvalue weighted by Gasteiger charge is 2.15. The van der Waals surface area contributed by atoms with Crippen molar-refractivity contribution in [2.24, 2.45) is 5.92 Å². The first-order valence-corrected chi connectivity index (χ1v) is 7.18. The molecule has 1 N–H and O–H groups in total. The molecule has 98 valence electrons. The van der Waals surface area contributed by atoms with Gasteiger partial charge in [0.1, 0.15) is 0 Å². The highest BCUT2D eigenvalue weighted by Crippen LogP contribution is 2.27. The Kier molecular flexibility index (Phi) is 5.06. The Bertz CT molecular complexity index is 399. The Morgan fingerprint density at radius 3 is 2.67 bits per heavy atom. The van der Waals surface area contributed by atoms with Crippen LogP contribution < -0.4 is 5.32 Å². The van der Waals surface area contributed by atoms with Crippen LogP contribution in [0.25, 0.3) is 0 Å². The van der Waals surface area contributed by atoms with E-state index in [4.69, 9.17) is 11.6 Å². The van der Waals surface area contributed by atoms with Crippen molar-refractivity contribution in [3.8, 4) is 0 Å². The maximum absolute atomic E-state index is 11.8. The van der Waals surface area contributed by atoms with Gasteiger partial charge in [0.15, 0.2) is 0 Å². The van der Waals surface area contributed by atoms with Gasteiger partial charge in [0.05, 0.1) is 10.7 Å². The second kappa shape index (κ2) is 6.79. The molecule has 2 rings (SSSR count). The molecule has 1 aliphatic rings. The predicted octanol–water partition coefficient (Wildman–Crippen LogP) is 4.64. The minimum atomic E-state index is 0.0775. The molecule has 1 aliphatic carbocycles. The SMILES string of the molecule is O=C(CCC1CCCCC1)Nc1ccccc1Cl. The Labute approximate surface area is 114 Å². The first-order valence-electron chi connectivity index (χ1n) is 6.80. The van der Waals surface area contributed by atoms with Gasteiger partial charge in [0.2, 0.25) is 5.91 Å². The second-order valence-electron chi connectivity index (χ2n) is 5.07. The molecule has 1 amide bonds. The van der Waals surface area contributed by atoms with E-state index in [1.165, 1.54) is 32.1 Å². The minimum Gasteiger partial charge on any atom is -0.325 e. The van der Waals surface area contributed by atoms with Crippen molar-refractivity contribution in [3.63, 3.8) is 0 Å². The molecule has 2 nitrogen and oxygen atoms in total. The van der Waals surface area contributed by atoms with Crippen LogP contribution >= 0.6 is 11.6 Å². The largest absolute Gasteiger partial charge is 0.325 e. The predicted molar refractivity (Wildman–Crippen MR) is 75.9 cm³/mol. The summed E-state index contributed by atoms with van der Waals surface area (Å²) in [6, 6.07) is 7.36. The van der Waals surface area contributed by atoms with Crippen molar-refractivity contribution in [2.45, 2.75) is 44.9 Å². The lowest BCUT2D eigenvalue weighted by Gasteiger charge is -2.21. The van der Waals surface area contributed by atoms with E-state index in [0.29, 0.717) is 17.1 Å². The molecule has 3 heteroatoms. The molecule has 18 heavy (non-hydrogen) atoms. The number of amides is 1. The van der Waals surface area contributed by atoms with Gasteiger partial charge < -0.3 is 5.32 Å².